The van der Waals surface area contributed by atoms with Gasteiger partial charge >= 0.3 is 0 Å². The fraction of sp³-hybridized carbons (Fsp3) is 0.778. The Morgan fingerprint density at radius 3 is 1.37 bits per heavy atom. The second-order valence-corrected chi connectivity index (χ2v) is 7.18. The van der Waals surface area contributed by atoms with Crippen LogP contribution in [0.4, 0.5) is 0 Å². The fourth-order valence-electron chi connectivity index (χ4n) is 3.27. The van der Waals surface area contributed by atoms with Crippen molar-refractivity contribution in [3.8, 4) is 0 Å². The molecule has 0 heterocycles. The van der Waals surface area contributed by atoms with Crippen LogP contribution in [-0.2, 0) is 4.74 Å². The van der Waals surface area contributed by atoms with Crippen LogP contribution in [0.25, 0.3) is 0 Å². The summed E-state index contributed by atoms with van der Waals surface area (Å²) in [6.07, 6.45) is 7.87. The largest absolute Gasteiger partial charge is 0.368 e. The first-order valence-electron chi connectivity index (χ1n) is 7.58. The van der Waals surface area contributed by atoms with Gasteiger partial charge in [0.05, 0.1) is 11.2 Å². The Morgan fingerprint density at radius 1 is 0.842 bits per heavy atom. The number of hydrogen-bond acceptors (Lipinski definition) is 1. The van der Waals surface area contributed by atoms with Crippen LogP contribution in [0, 0.1) is 11.8 Å². The van der Waals surface area contributed by atoms with Gasteiger partial charge in [0, 0.05) is 0 Å². The van der Waals surface area contributed by atoms with Gasteiger partial charge in [0.2, 0.25) is 0 Å². The minimum atomic E-state index is -0.122. The molecular formula is C18H34O. The van der Waals surface area contributed by atoms with E-state index in [1.165, 1.54) is 0 Å². The van der Waals surface area contributed by atoms with Crippen molar-refractivity contribution in [3.05, 3.63) is 25.3 Å². The first-order chi connectivity index (χ1) is 8.66. The zero-order valence-corrected chi connectivity index (χ0v) is 14.0. The van der Waals surface area contributed by atoms with E-state index in [0.717, 1.165) is 25.7 Å². The van der Waals surface area contributed by atoms with E-state index in [0.29, 0.717) is 11.8 Å². The molecule has 2 atom stereocenters. The molecule has 0 bridgehead atoms. The van der Waals surface area contributed by atoms with Crippen molar-refractivity contribution in [1.82, 2.24) is 0 Å². The highest BCUT2D eigenvalue weighted by molar-refractivity contribution is 4.92. The van der Waals surface area contributed by atoms with E-state index in [-0.39, 0.29) is 11.2 Å². The molecule has 0 fully saturated rings. The summed E-state index contributed by atoms with van der Waals surface area (Å²) in [6, 6.07) is 0. The molecule has 19 heavy (non-hydrogen) atoms. The van der Waals surface area contributed by atoms with Crippen LogP contribution in [0.15, 0.2) is 25.3 Å². The van der Waals surface area contributed by atoms with Crippen LogP contribution in [-0.4, -0.2) is 11.2 Å². The molecule has 0 saturated heterocycles. The third-order valence-electron chi connectivity index (χ3n) is 3.33. The van der Waals surface area contributed by atoms with E-state index in [2.05, 4.69) is 54.7 Å². The zero-order valence-electron chi connectivity index (χ0n) is 14.0. The van der Waals surface area contributed by atoms with Crippen LogP contribution in [0.2, 0.25) is 0 Å². The van der Waals surface area contributed by atoms with Crippen LogP contribution in [0.1, 0.15) is 67.2 Å². The zero-order chi connectivity index (χ0) is 15.1. The SMILES string of the molecule is C=CCC(C)(CC(C)C)OC(C)(CC=C)CC(C)C. The molecule has 1 nitrogen and oxygen atoms in total. The summed E-state index contributed by atoms with van der Waals surface area (Å²) in [4.78, 5) is 0. The molecule has 0 aliphatic rings. The van der Waals surface area contributed by atoms with Crippen molar-refractivity contribution in [2.45, 2.75) is 78.4 Å². The molecule has 0 spiro atoms. The molecule has 0 radical (unpaired) electrons. The average Bonchev–Trinajstić information content (AvgIpc) is 2.12. The van der Waals surface area contributed by atoms with Crippen LogP contribution in [0.5, 0.6) is 0 Å². The maximum absolute atomic E-state index is 6.59. The number of hydrogen-bond donors (Lipinski definition) is 0. The number of ether oxygens (including phenoxy) is 1. The summed E-state index contributed by atoms with van der Waals surface area (Å²) in [5.74, 6) is 1.24. The lowest BCUT2D eigenvalue weighted by molar-refractivity contribution is -0.152. The standard InChI is InChI=1S/C18H34O/c1-9-11-17(7,13-15(3)4)19-18(8,12-10-2)14-16(5)6/h9-10,15-16H,1-2,11-14H2,3-8H3. The summed E-state index contributed by atoms with van der Waals surface area (Å²) >= 11 is 0. The molecule has 112 valence electrons. The van der Waals surface area contributed by atoms with E-state index in [1.807, 2.05) is 12.2 Å². The van der Waals surface area contributed by atoms with Gasteiger partial charge in [-0.05, 0) is 51.4 Å². The molecule has 1 heteroatoms. The van der Waals surface area contributed by atoms with Gasteiger partial charge in [-0.3, -0.25) is 0 Å². The highest BCUT2D eigenvalue weighted by Crippen LogP contribution is 2.35. The summed E-state index contributed by atoms with van der Waals surface area (Å²) in [6.45, 7) is 21.2. The normalized spacial score (nSPS) is 18.1. The van der Waals surface area contributed by atoms with Crippen molar-refractivity contribution in [3.63, 3.8) is 0 Å². The van der Waals surface area contributed by atoms with Crippen molar-refractivity contribution < 1.29 is 4.74 Å². The van der Waals surface area contributed by atoms with E-state index >= 15 is 0 Å². The first-order valence-corrected chi connectivity index (χ1v) is 7.58. The Hall–Kier alpha value is -0.560. The van der Waals surface area contributed by atoms with Crippen molar-refractivity contribution >= 4 is 0 Å². The summed E-state index contributed by atoms with van der Waals surface area (Å²) in [5, 5.41) is 0. The Morgan fingerprint density at radius 2 is 1.16 bits per heavy atom. The Kier molecular flexibility index (Phi) is 7.66. The molecule has 0 aromatic rings. The topological polar surface area (TPSA) is 9.23 Å². The van der Waals surface area contributed by atoms with Gasteiger partial charge < -0.3 is 4.74 Å². The molecule has 0 rings (SSSR count). The Labute approximate surface area is 121 Å². The average molecular weight is 266 g/mol. The molecule has 0 saturated carbocycles. The lowest BCUT2D eigenvalue weighted by atomic mass is 9.86. The lowest BCUT2D eigenvalue weighted by Crippen LogP contribution is -2.42. The molecule has 0 aromatic carbocycles. The maximum Gasteiger partial charge on any atom is 0.0698 e. The van der Waals surface area contributed by atoms with Gasteiger partial charge in [0.1, 0.15) is 0 Å². The summed E-state index contributed by atoms with van der Waals surface area (Å²) in [7, 11) is 0. The van der Waals surface area contributed by atoms with E-state index in [4.69, 9.17) is 4.74 Å². The van der Waals surface area contributed by atoms with E-state index < -0.39 is 0 Å². The molecule has 0 aliphatic heterocycles. The second-order valence-electron chi connectivity index (χ2n) is 7.18. The Bertz CT molecular complexity index is 251. The maximum atomic E-state index is 6.59. The molecular weight excluding hydrogens is 232 g/mol. The van der Waals surface area contributed by atoms with Gasteiger partial charge in [-0.25, -0.2) is 0 Å². The van der Waals surface area contributed by atoms with Gasteiger partial charge in [0.15, 0.2) is 0 Å². The van der Waals surface area contributed by atoms with Crippen LogP contribution >= 0.6 is 0 Å². The first kappa shape index (κ1) is 18.4. The number of rotatable bonds is 10. The minimum absolute atomic E-state index is 0.122. The minimum Gasteiger partial charge on any atom is -0.368 e. The molecule has 0 aromatic heterocycles. The van der Waals surface area contributed by atoms with Crippen LogP contribution in [0.3, 0.4) is 0 Å². The predicted octanol–water partition coefficient (Wildman–Crippen LogP) is 5.76. The highest BCUT2D eigenvalue weighted by Gasteiger charge is 2.35. The lowest BCUT2D eigenvalue weighted by Gasteiger charge is -2.42. The summed E-state index contributed by atoms with van der Waals surface area (Å²) in [5.41, 5.74) is -0.245. The van der Waals surface area contributed by atoms with E-state index in [9.17, 15) is 0 Å². The quantitative estimate of drug-likeness (QED) is 0.456. The predicted molar refractivity (Wildman–Crippen MR) is 86.4 cm³/mol. The van der Waals surface area contributed by atoms with Gasteiger partial charge in [-0.2, -0.15) is 0 Å². The second kappa shape index (κ2) is 7.89. The van der Waals surface area contributed by atoms with Crippen molar-refractivity contribution in [1.29, 1.82) is 0 Å². The fourth-order valence-corrected chi connectivity index (χ4v) is 3.27. The Balaban J connectivity index is 5.01. The van der Waals surface area contributed by atoms with E-state index in [1.54, 1.807) is 0 Å². The molecule has 0 aliphatic carbocycles. The van der Waals surface area contributed by atoms with Crippen molar-refractivity contribution in [2.24, 2.45) is 11.8 Å². The molecule has 0 N–H and O–H groups in total. The smallest absolute Gasteiger partial charge is 0.0698 e. The summed E-state index contributed by atoms with van der Waals surface area (Å²) < 4.78 is 6.59. The third-order valence-corrected chi connectivity index (χ3v) is 3.33. The highest BCUT2D eigenvalue weighted by atomic mass is 16.5. The monoisotopic (exact) mass is 266 g/mol. The van der Waals surface area contributed by atoms with Gasteiger partial charge in [0.25, 0.3) is 0 Å². The molecule has 0 amide bonds. The van der Waals surface area contributed by atoms with Crippen LogP contribution < -0.4 is 0 Å². The van der Waals surface area contributed by atoms with Gasteiger partial charge in [-0.15, -0.1) is 13.2 Å². The molecule has 2 unspecified atom stereocenters. The third kappa shape index (κ3) is 7.57. The van der Waals surface area contributed by atoms with Gasteiger partial charge in [-0.1, -0.05) is 39.8 Å². The van der Waals surface area contributed by atoms with Crippen molar-refractivity contribution in [2.75, 3.05) is 0 Å².